The maximum atomic E-state index is 9.17. The maximum Gasteiger partial charge on any atom is 0.191 e. The highest BCUT2D eigenvalue weighted by molar-refractivity contribution is 14.0. The monoisotopic (exact) mass is 427 g/mol. The standard InChI is InChI=1S/C16H33N3O2.HI/c1-4-17-16(19-12-15-6-5-9-21-15)18-11-14(7-8-20)10-13(2)3;/h13-15,20H,4-12H2,1-3H3,(H2,17,18,19);1H. The van der Waals surface area contributed by atoms with Crippen molar-refractivity contribution in [1.82, 2.24) is 10.6 Å². The van der Waals surface area contributed by atoms with E-state index in [2.05, 4.69) is 36.4 Å². The van der Waals surface area contributed by atoms with Gasteiger partial charge in [-0.2, -0.15) is 0 Å². The molecule has 132 valence electrons. The summed E-state index contributed by atoms with van der Waals surface area (Å²) in [5, 5.41) is 15.8. The summed E-state index contributed by atoms with van der Waals surface area (Å²) in [6.07, 6.45) is 4.54. The van der Waals surface area contributed by atoms with Gasteiger partial charge in [-0.15, -0.1) is 24.0 Å². The Hall–Kier alpha value is -0.0800. The van der Waals surface area contributed by atoms with E-state index in [1.807, 2.05) is 0 Å². The lowest BCUT2D eigenvalue weighted by Gasteiger charge is -2.18. The van der Waals surface area contributed by atoms with Crippen LogP contribution in [0.2, 0.25) is 0 Å². The van der Waals surface area contributed by atoms with Crippen LogP contribution in [0.4, 0.5) is 0 Å². The van der Waals surface area contributed by atoms with Gasteiger partial charge in [-0.3, -0.25) is 4.99 Å². The number of aliphatic imine (C=N–C) groups is 1. The molecule has 0 spiro atoms. The molecule has 2 atom stereocenters. The average molecular weight is 427 g/mol. The molecule has 2 unspecified atom stereocenters. The van der Waals surface area contributed by atoms with Crippen molar-refractivity contribution in [2.45, 2.75) is 52.6 Å². The number of guanidine groups is 1. The van der Waals surface area contributed by atoms with Crippen molar-refractivity contribution in [1.29, 1.82) is 0 Å². The third-order valence-corrected chi connectivity index (χ3v) is 3.72. The number of aliphatic hydroxyl groups excluding tert-OH is 1. The molecule has 0 aromatic rings. The van der Waals surface area contributed by atoms with Crippen LogP contribution in [0.3, 0.4) is 0 Å². The normalized spacial score (nSPS) is 19.9. The number of nitrogens with zero attached hydrogens (tertiary/aromatic N) is 1. The van der Waals surface area contributed by atoms with Gasteiger partial charge in [0.2, 0.25) is 0 Å². The van der Waals surface area contributed by atoms with Crippen LogP contribution >= 0.6 is 24.0 Å². The minimum absolute atomic E-state index is 0. The molecule has 0 aromatic carbocycles. The summed E-state index contributed by atoms with van der Waals surface area (Å²) in [6, 6.07) is 0. The fourth-order valence-corrected chi connectivity index (χ4v) is 2.71. The molecular weight excluding hydrogens is 393 g/mol. The molecule has 1 rings (SSSR count). The number of hydrogen-bond donors (Lipinski definition) is 3. The van der Waals surface area contributed by atoms with Crippen molar-refractivity contribution in [3.63, 3.8) is 0 Å². The molecule has 22 heavy (non-hydrogen) atoms. The Morgan fingerprint density at radius 2 is 2.14 bits per heavy atom. The van der Waals surface area contributed by atoms with Crippen molar-refractivity contribution >= 4 is 29.9 Å². The van der Waals surface area contributed by atoms with Gasteiger partial charge in [-0.1, -0.05) is 13.8 Å². The molecule has 1 saturated heterocycles. The summed E-state index contributed by atoms with van der Waals surface area (Å²) in [7, 11) is 0. The van der Waals surface area contributed by atoms with Gasteiger partial charge in [0.15, 0.2) is 5.96 Å². The van der Waals surface area contributed by atoms with E-state index in [1.54, 1.807) is 0 Å². The molecule has 3 N–H and O–H groups in total. The topological polar surface area (TPSA) is 65.9 Å². The molecule has 1 aliphatic rings. The van der Waals surface area contributed by atoms with Crippen molar-refractivity contribution in [3.8, 4) is 0 Å². The summed E-state index contributed by atoms with van der Waals surface area (Å²) in [5.41, 5.74) is 0. The molecule has 1 fully saturated rings. The second-order valence-electron chi connectivity index (χ2n) is 6.24. The lowest BCUT2D eigenvalue weighted by molar-refractivity contribution is 0.114. The predicted molar refractivity (Wildman–Crippen MR) is 103 cm³/mol. The Morgan fingerprint density at radius 1 is 1.36 bits per heavy atom. The fourth-order valence-electron chi connectivity index (χ4n) is 2.71. The van der Waals surface area contributed by atoms with Gasteiger partial charge in [0.25, 0.3) is 0 Å². The van der Waals surface area contributed by atoms with Crippen molar-refractivity contribution in [2.24, 2.45) is 16.8 Å². The first-order valence-electron chi connectivity index (χ1n) is 8.40. The Kier molecular flexibility index (Phi) is 13.3. The van der Waals surface area contributed by atoms with Crippen molar-refractivity contribution in [3.05, 3.63) is 0 Å². The second-order valence-corrected chi connectivity index (χ2v) is 6.24. The van der Waals surface area contributed by atoms with Gasteiger partial charge in [0, 0.05) is 32.8 Å². The lowest BCUT2D eigenvalue weighted by Crippen LogP contribution is -2.41. The minimum atomic E-state index is 0. The zero-order valence-corrected chi connectivity index (χ0v) is 16.6. The second kappa shape index (κ2) is 13.4. The molecule has 1 aliphatic heterocycles. The van der Waals surface area contributed by atoms with Crippen LogP contribution in [0, 0.1) is 11.8 Å². The van der Waals surface area contributed by atoms with Gasteiger partial charge in [-0.05, 0) is 44.4 Å². The smallest absolute Gasteiger partial charge is 0.191 e. The molecule has 0 aromatic heterocycles. The van der Waals surface area contributed by atoms with Gasteiger partial charge < -0.3 is 20.5 Å². The van der Waals surface area contributed by atoms with E-state index in [9.17, 15) is 0 Å². The number of hydrogen-bond acceptors (Lipinski definition) is 3. The van der Waals surface area contributed by atoms with Crippen LogP contribution in [-0.2, 0) is 4.74 Å². The van der Waals surface area contributed by atoms with Crippen LogP contribution in [0.5, 0.6) is 0 Å². The van der Waals surface area contributed by atoms with E-state index in [0.29, 0.717) is 17.9 Å². The zero-order valence-electron chi connectivity index (χ0n) is 14.3. The van der Waals surface area contributed by atoms with E-state index in [-0.39, 0.29) is 30.6 Å². The molecule has 0 aliphatic carbocycles. The molecular formula is C16H34IN3O2. The number of rotatable bonds is 9. The zero-order chi connectivity index (χ0) is 15.5. The van der Waals surface area contributed by atoms with Gasteiger partial charge in [0.1, 0.15) is 0 Å². The van der Waals surface area contributed by atoms with E-state index in [1.165, 1.54) is 0 Å². The first-order chi connectivity index (χ1) is 10.2. The van der Waals surface area contributed by atoms with E-state index in [0.717, 1.165) is 57.9 Å². The largest absolute Gasteiger partial charge is 0.396 e. The molecule has 0 saturated carbocycles. The summed E-state index contributed by atoms with van der Waals surface area (Å²) in [5.74, 6) is 1.95. The van der Waals surface area contributed by atoms with E-state index >= 15 is 0 Å². The summed E-state index contributed by atoms with van der Waals surface area (Å²) in [4.78, 5) is 4.67. The van der Waals surface area contributed by atoms with E-state index < -0.39 is 0 Å². The lowest BCUT2D eigenvalue weighted by atomic mass is 9.94. The Labute approximate surface area is 152 Å². The first-order valence-corrected chi connectivity index (χ1v) is 8.40. The van der Waals surface area contributed by atoms with Crippen LogP contribution in [-0.4, -0.2) is 50.0 Å². The number of aliphatic hydroxyl groups is 1. The number of nitrogens with one attached hydrogen (secondary N) is 2. The molecule has 0 bridgehead atoms. The SMILES string of the molecule is CCNC(=NCC(CCO)CC(C)C)NCC1CCCO1.I. The highest BCUT2D eigenvalue weighted by Crippen LogP contribution is 2.15. The Balaban J connectivity index is 0.00000441. The van der Waals surface area contributed by atoms with Crippen LogP contribution < -0.4 is 10.6 Å². The van der Waals surface area contributed by atoms with Crippen LogP contribution in [0.15, 0.2) is 4.99 Å². The number of halogens is 1. The van der Waals surface area contributed by atoms with E-state index in [4.69, 9.17) is 9.84 Å². The summed E-state index contributed by atoms with van der Waals surface area (Å²) in [6.45, 7) is 10.1. The van der Waals surface area contributed by atoms with Crippen molar-refractivity contribution < 1.29 is 9.84 Å². The molecule has 5 nitrogen and oxygen atoms in total. The number of ether oxygens (including phenoxy) is 1. The highest BCUT2D eigenvalue weighted by Gasteiger charge is 2.16. The molecule has 6 heteroatoms. The summed E-state index contributed by atoms with van der Waals surface area (Å²) >= 11 is 0. The highest BCUT2D eigenvalue weighted by atomic mass is 127. The molecule has 0 radical (unpaired) electrons. The molecule has 0 amide bonds. The van der Waals surface area contributed by atoms with Crippen LogP contribution in [0.25, 0.3) is 0 Å². The minimum Gasteiger partial charge on any atom is -0.396 e. The Morgan fingerprint density at radius 3 is 2.68 bits per heavy atom. The quantitative estimate of drug-likeness (QED) is 0.300. The first kappa shape index (κ1) is 21.9. The van der Waals surface area contributed by atoms with Crippen LogP contribution in [0.1, 0.15) is 46.5 Å². The predicted octanol–water partition coefficient (Wildman–Crippen LogP) is 2.38. The van der Waals surface area contributed by atoms with Gasteiger partial charge in [-0.25, -0.2) is 0 Å². The third-order valence-electron chi connectivity index (χ3n) is 3.72. The molecule has 1 heterocycles. The average Bonchev–Trinajstić information content (AvgIpc) is 2.94. The Bertz CT molecular complexity index is 295. The van der Waals surface area contributed by atoms with Gasteiger partial charge >= 0.3 is 0 Å². The summed E-state index contributed by atoms with van der Waals surface area (Å²) < 4.78 is 5.62. The maximum absolute atomic E-state index is 9.17. The van der Waals surface area contributed by atoms with Gasteiger partial charge in [0.05, 0.1) is 6.10 Å². The van der Waals surface area contributed by atoms with Crippen molar-refractivity contribution in [2.75, 3.05) is 32.8 Å². The fraction of sp³-hybridized carbons (Fsp3) is 0.938. The third kappa shape index (κ3) is 9.84.